The largest absolute Gasteiger partial charge is 0.313 e. The Labute approximate surface area is 96.1 Å². The highest BCUT2D eigenvalue weighted by Gasteiger charge is 2.15. The Hall–Kier alpha value is -0.610. The van der Waals surface area contributed by atoms with Crippen LogP contribution in [0.5, 0.6) is 0 Å². The maximum Gasteiger partial charge on any atom is 0.116 e. The molecule has 3 nitrogen and oxygen atoms in total. The van der Waals surface area contributed by atoms with Crippen LogP contribution in [0.2, 0.25) is 0 Å². The minimum atomic E-state index is 0.532. The molecule has 1 rings (SSSR count). The minimum Gasteiger partial charge on any atom is -0.313 e. The third kappa shape index (κ3) is 4.18. The SMILES string of the molecule is CCNC(CC)C(C)Sc1ccncn1. The van der Waals surface area contributed by atoms with E-state index >= 15 is 0 Å². The van der Waals surface area contributed by atoms with Gasteiger partial charge in [-0.05, 0) is 19.0 Å². The zero-order chi connectivity index (χ0) is 11.1. The average Bonchev–Trinajstić information content (AvgIpc) is 2.27. The smallest absolute Gasteiger partial charge is 0.116 e. The van der Waals surface area contributed by atoms with E-state index in [0.29, 0.717) is 11.3 Å². The molecule has 0 saturated carbocycles. The van der Waals surface area contributed by atoms with Crippen molar-refractivity contribution in [1.29, 1.82) is 0 Å². The van der Waals surface area contributed by atoms with Gasteiger partial charge in [0.15, 0.2) is 0 Å². The summed E-state index contributed by atoms with van der Waals surface area (Å²) in [5, 5.41) is 5.07. The molecule has 1 aromatic heterocycles. The first-order valence-electron chi connectivity index (χ1n) is 5.44. The van der Waals surface area contributed by atoms with Crippen LogP contribution < -0.4 is 5.32 Å². The lowest BCUT2D eigenvalue weighted by molar-refractivity contribution is 0.509. The summed E-state index contributed by atoms with van der Waals surface area (Å²) >= 11 is 1.80. The molecule has 0 bridgehead atoms. The van der Waals surface area contributed by atoms with Gasteiger partial charge in [0.25, 0.3) is 0 Å². The zero-order valence-corrected chi connectivity index (χ0v) is 10.4. The van der Waals surface area contributed by atoms with Crippen molar-refractivity contribution in [2.45, 2.75) is 43.5 Å². The molecule has 1 heterocycles. The summed E-state index contributed by atoms with van der Waals surface area (Å²) in [6, 6.07) is 2.51. The van der Waals surface area contributed by atoms with Crippen molar-refractivity contribution in [3.05, 3.63) is 18.6 Å². The molecule has 0 spiro atoms. The lowest BCUT2D eigenvalue weighted by Crippen LogP contribution is -2.35. The Kier molecular flexibility index (Phi) is 5.65. The molecule has 0 aliphatic carbocycles. The molecule has 1 N–H and O–H groups in total. The zero-order valence-electron chi connectivity index (χ0n) is 9.60. The lowest BCUT2D eigenvalue weighted by Gasteiger charge is -2.22. The van der Waals surface area contributed by atoms with Crippen molar-refractivity contribution in [3.63, 3.8) is 0 Å². The first-order valence-corrected chi connectivity index (χ1v) is 6.32. The topological polar surface area (TPSA) is 37.8 Å². The summed E-state index contributed by atoms with van der Waals surface area (Å²) in [5.41, 5.74) is 0. The van der Waals surface area contributed by atoms with E-state index in [0.717, 1.165) is 18.0 Å². The maximum absolute atomic E-state index is 4.22. The van der Waals surface area contributed by atoms with Gasteiger partial charge in [-0.15, -0.1) is 11.8 Å². The fraction of sp³-hybridized carbons (Fsp3) is 0.636. The number of thioether (sulfide) groups is 1. The second-order valence-corrected chi connectivity index (χ2v) is 4.84. The van der Waals surface area contributed by atoms with Crippen molar-refractivity contribution in [1.82, 2.24) is 15.3 Å². The molecule has 15 heavy (non-hydrogen) atoms. The molecule has 2 unspecified atom stereocenters. The predicted molar refractivity (Wildman–Crippen MR) is 65.1 cm³/mol. The number of aromatic nitrogens is 2. The second kappa shape index (κ2) is 6.80. The quantitative estimate of drug-likeness (QED) is 0.596. The van der Waals surface area contributed by atoms with Crippen molar-refractivity contribution in [2.24, 2.45) is 0 Å². The van der Waals surface area contributed by atoms with Gasteiger partial charge in [-0.2, -0.15) is 0 Å². The predicted octanol–water partition coefficient (Wildman–Crippen LogP) is 2.35. The molecule has 2 atom stereocenters. The molecule has 0 aliphatic heterocycles. The van der Waals surface area contributed by atoms with Gasteiger partial charge in [-0.1, -0.05) is 20.8 Å². The van der Waals surface area contributed by atoms with Gasteiger partial charge in [0.2, 0.25) is 0 Å². The molecule has 1 aromatic rings. The Bertz CT molecular complexity index is 266. The first kappa shape index (κ1) is 12.5. The van der Waals surface area contributed by atoms with Gasteiger partial charge in [0, 0.05) is 17.5 Å². The summed E-state index contributed by atoms with van der Waals surface area (Å²) in [5.74, 6) is 0. The van der Waals surface area contributed by atoms with E-state index in [9.17, 15) is 0 Å². The molecule has 84 valence electrons. The van der Waals surface area contributed by atoms with E-state index < -0.39 is 0 Å². The van der Waals surface area contributed by atoms with Crippen molar-refractivity contribution < 1.29 is 0 Å². The molecule has 0 amide bonds. The summed E-state index contributed by atoms with van der Waals surface area (Å²) < 4.78 is 0. The Morgan fingerprint density at radius 1 is 1.47 bits per heavy atom. The van der Waals surface area contributed by atoms with Crippen LogP contribution >= 0.6 is 11.8 Å². The van der Waals surface area contributed by atoms with Gasteiger partial charge in [0.05, 0.1) is 5.03 Å². The van der Waals surface area contributed by atoms with Crippen LogP contribution in [0.4, 0.5) is 0 Å². The highest BCUT2D eigenvalue weighted by molar-refractivity contribution is 7.99. The Morgan fingerprint density at radius 3 is 2.80 bits per heavy atom. The summed E-state index contributed by atoms with van der Waals surface area (Å²) in [6.07, 6.45) is 4.53. The van der Waals surface area contributed by atoms with E-state index in [1.54, 1.807) is 24.3 Å². The van der Waals surface area contributed by atoms with Gasteiger partial charge in [-0.3, -0.25) is 0 Å². The van der Waals surface area contributed by atoms with Crippen LogP contribution in [0.1, 0.15) is 27.2 Å². The summed E-state index contributed by atoms with van der Waals surface area (Å²) in [6.45, 7) is 7.62. The molecular weight excluding hydrogens is 206 g/mol. The lowest BCUT2D eigenvalue weighted by atomic mass is 10.2. The van der Waals surface area contributed by atoms with Crippen molar-refractivity contribution in [2.75, 3.05) is 6.54 Å². The molecule has 0 aliphatic rings. The average molecular weight is 225 g/mol. The Balaban J connectivity index is 2.50. The van der Waals surface area contributed by atoms with Gasteiger partial charge >= 0.3 is 0 Å². The number of rotatable bonds is 6. The molecule has 0 fully saturated rings. The highest BCUT2D eigenvalue weighted by Crippen LogP contribution is 2.23. The van der Waals surface area contributed by atoms with E-state index in [2.05, 4.69) is 36.1 Å². The molecule has 0 radical (unpaired) electrons. The number of hydrogen-bond acceptors (Lipinski definition) is 4. The molecule has 4 heteroatoms. The van der Waals surface area contributed by atoms with Gasteiger partial charge < -0.3 is 5.32 Å². The van der Waals surface area contributed by atoms with Crippen LogP contribution in [0.15, 0.2) is 23.6 Å². The Morgan fingerprint density at radius 2 is 2.27 bits per heavy atom. The number of hydrogen-bond donors (Lipinski definition) is 1. The standard InChI is InChI=1S/C11H19N3S/c1-4-10(13-5-2)9(3)15-11-6-7-12-8-14-11/h6-10,13H,4-5H2,1-3H3. The van der Waals surface area contributed by atoms with Crippen molar-refractivity contribution in [3.8, 4) is 0 Å². The van der Waals surface area contributed by atoms with E-state index in [1.807, 2.05) is 6.07 Å². The molecule has 0 saturated heterocycles. The fourth-order valence-corrected chi connectivity index (χ4v) is 2.61. The monoisotopic (exact) mass is 225 g/mol. The summed E-state index contributed by atoms with van der Waals surface area (Å²) in [7, 11) is 0. The number of nitrogens with zero attached hydrogens (tertiary/aromatic N) is 2. The fourth-order valence-electron chi connectivity index (χ4n) is 1.53. The third-order valence-corrected chi connectivity index (χ3v) is 3.52. The van der Waals surface area contributed by atoms with Crippen LogP contribution in [0.3, 0.4) is 0 Å². The second-order valence-electron chi connectivity index (χ2n) is 3.44. The molecule has 0 aromatic carbocycles. The third-order valence-electron chi connectivity index (χ3n) is 2.33. The maximum atomic E-state index is 4.22. The van der Waals surface area contributed by atoms with E-state index in [-0.39, 0.29) is 0 Å². The summed E-state index contributed by atoms with van der Waals surface area (Å²) in [4.78, 5) is 8.13. The van der Waals surface area contributed by atoms with Crippen LogP contribution in [-0.4, -0.2) is 27.8 Å². The molecular formula is C11H19N3S. The van der Waals surface area contributed by atoms with E-state index in [1.165, 1.54) is 0 Å². The highest BCUT2D eigenvalue weighted by atomic mass is 32.2. The van der Waals surface area contributed by atoms with Crippen LogP contribution in [0, 0.1) is 0 Å². The minimum absolute atomic E-state index is 0.532. The van der Waals surface area contributed by atoms with Crippen LogP contribution in [0.25, 0.3) is 0 Å². The van der Waals surface area contributed by atoms with E-state index in [4.69, 9.17) is 0 Å². The van der Waals surface area contributed by atoms with Crippen LogP contribution in [-0.2, 0) is 0 Å². The van der Waals surface area contributed by atoms with Crippen molar-refractivity contribution >= 4 is 11.8 Å². The normalized spacial score (nSPS) is 14.9. The number of nitrogens with one attached hydrogen (secondary N) is 1. The van der Waals surface area contributed by atoms with Gasteiger partial charge in [0.1, 0.15) is 6.33 Å². The van der Waals surface area contributed by atoms with Gasteiger partial charge in [-0.25, -0.2) is 9.97 Å². The first-order chi connectivity index (χ1) is 7.27.